The summed E-state index contributed by atoms with van der Waals surface area (Å²) in [6.07, 6.45) is 1.67. The van der Waals surface area contributed by atoms with Crippen LogP contribution in [0.4, 0.5) is 11.4 Å². The van der Waals surface area contributed by atoms with E-state index in [0.29, 0.717) is 16.3 Å². The topological polar surface area (TPSA) is 80.4 Å². The van der Waals surface area contributed by atoms with E-state index in [4.69, 9.17) is 11.6 Å². The number of nitrogens with one attached hydrogen (secondary N) is 1. The van der Waals surface area contributed by atoms with E-state index in [1.807, 2.05) is 6.07 Å². The summed E-state index contributed by atoms with van der Waals surface area (Å²) in [5, 5.41) is 16.7. The molecule has 1 aromatic heterocycles. The number of rotatable bonds is 4. The summed E-state index contributed by atoms with van der Waals surface area (Å²) >= 11 is 5.98. The minimum Gasteiger partial charge on any atom is -0.277 e. The highest BCUT2D eigenvalue weighted by Crippen LogP contribution is 2.24. The van der Waals surface area contributed by atoms with Crippen LogP contribution >= 0.6 is 11.6 Å². The molecule has 0 unspecified atom stereocenters. The van der Waals surface area contributed by atoms with Crippen LogP contribution in [0.15, 0.2) is 59.8 Å². The maximum atomic E-state index is 10.9. The third kappa shape index (κ3) is 3.33. The van der Waals surface area contributed by atoms with Gasteiger partial charge in [0.2, 0.25) is 0 Å². The van der Waals surface area contributed by atoms with Crippen LogP contribution in [0.5, 0.6) is 0 Å². The molecule has 24 heavy (non-hydrogen) atoms. The molecule has 0 aliphatic rings. The number of fused-ring (bicyclic) bond motifs is 1. The molecular weight excluding hydrogens is 328 g/mol. The Kier molecular flexibility index (Phi) is 4.39. The Morgan fingerprint density at radius 2 is 2.08 bits per heavy atom. The molecule has 2 aromatic carbocycles. The smallest absolute Gasteiger partial charge is 0.270 e. The zero-order valence-electron chi connectivity index (χ0n) is 12.7. The zero-order valence-corrected chi connectivity index (χ0v) is 13.5. The predicted molar refractivity (Wildman–Crippen MR) is 95.7 cm³/mol. The van der Waals surface area contributed by atoms with Crippen molar-refractivity contribution in [3.8, 4) is 0 Å². The highest BCUT2D eigenvalue weighted by atomic mass is 35.5. The van der Waals surface area contributed by atoms with E-state index in [1.165, 1.54) is 12.1 Å². The molecule has 0 bridgehead atoms. The minimum absolute atomic E-state index is 0.0334. The van der Waals surface area contributed by atoms with E-state index >= 15 is 0 Å². The predicted octanol–water partition coefficient (Wildman–Crippen LogP) is 4.63. The number of nitrogens with zero attached hydrogens (tertiary/aromatic N) is 3. The van der Waals surface area contributed by atoms with E-state index in [9.17, 15) is 10.1 Å². The number of hydrazone groups is 1. The first kappa shape index (κ1) is 15.9. The van der Waals surface area contributed by atoms with Gasteiger partial charge in [-0.05, 0) is 31.2 Å². The quantitative estimate of drug-likeness (QED) is 0.426. The SMILES string of the molecule is C/C(=N\Nc1ccnc2cc(Cl)ccc12)c1cccc([N+](=O)[O-])c1. The molecule has 120 valence electrons. The average molecular weight is 341 g/mol. The van der Waals surface area contributed by atoms with Gasteiger partial charge in [0, 0.05) is 34.3 Å². The second-order valence-electron chi connectivity index (χ2n) is 5.14. The number of aromatic nitrogens is 1. The van der Waals surface area contributed by atoms with Crippen molar-refractivity contribution in [1.29, 1.82) is 0 Å². The van der Waals surface area contributed by atoms with Crippen molar-refractivity contribution in [2.24, 2.45) is 5.10 Å². The van der Waals surface area contributed by atoms with Crippen LogP contribution in [0.3, 0.4) is 0 Å². The number of non-ortho nitro benzene ring substituents is 1. The molecule has 0 spiro atoms. The second kappa shape index (κ2) is 6.64. The van der Waals surface area contributed by atoms with Crippen molar-refractivity contribution in [3.63, 3.8) is 0 Å². The normalized spacial score (nSPS) is 11.5. The van der Waals surface area contributed by atoms with Crippen molar-refractivity contribution in [2.75, 3.05) is 5.43 Å². The summed E-state index contributed by atoms with van der Waals surface area (Å²) in [5.41, 5.74) is 5.88. The fraction of sp³-hybridized carbons (Fsp3) is 0.0588. The second-order valence-corrected chi connectivity index (χ2v) is 5.57. The average Bonchev–Trinajstić information content (AvgIpc) is 2.59. The number of halogens is 1. The first-order valence-electron chi connectivity index (χ1n) is 7.14. The van der Waals surface area contributed by atoms with Gasteiger partial charge in [-0.2, -0.15) is 5.10 Å². The van der Waals surface area contributed by atoms with Crippen LogP contribution in [0.1, 0.15) is 12.5 Å². The number of anilines is 1. The lowest BCUT2D eigenvalue weighted by Crippen LogP contribution is -2.01. The van der Waals surface area contributed by atoms with Crippen molar-refractivity contribution in [1.82, 2.24) is 4.98 Å². The maximum Gasteiger partial charge on any atom is 0.270 e. The minimum atomic E-state index is -0.426. The summed E-state index contributed by atoms with van der Waals surface area (Å²) in [5.74, 6) is 0. The monoisotopic (exact) mass is 340 g/mol. The van der Waals surface area contributed by atoms with Gasteiger partial charge in [0.25, 0.3) is 5.69 Å². The van der Waals surface area contributed by atoms with Crippen LogP contribution in [-0.2, 0) is 0 Å². The molecule has 1 N–H and O–H groups in total. The molecule has 0 radical (unpaired) electrons. The lowest BCUT2D eigenvalue weighted by molar-refractivity contribution is -0.384. The number of benzene rings is 2. The van der Waals surface area contributed by atoms with E-state index in [-0.39, 0.29) is 5.69 Å². The van der Waals surface area contributed by atoms with Gasteiger partial charge in [-0.3, -0.25) is 20.5 Å². The summed E-state index contributed by atoms with van der Waals surface area (Å²) < 4.78 is 0. The van der Waals surface area contributed by atoms with E-state index in [1.54, 1.807) is 43.5 Å². The van der Waals surface area contributed by atoms with E-state index in [2.05, 4.69) is 15.5 Å². The lowest BCUT2D eigenvalue weighted by Gasteiger charge is -2.07. The lowest BCUT2D eigenvalue weighted by atomic mass is 10.1. The standard InChI is InChI=1S/C17H13ClN4O2/c1-11(12-3-2-4-14(9-12)22(23)24)20-21-16-7-8-19-17-10-13(18)5-6-15(16)17/h2-10H,1H3,(H,19,21)/b20-11+. The van der Waals surface area contributed by atoms with Crippen LogP contribution in [0.25, 0.3) is 10.9 Å². The number of nitro benzene ring substituents is 1. The third-order valence-corrected chi connectivity index (χ3v) is 3.76. The Labute approximate surface area is 142 Å². The van der Waals surface area contributed by atoms with Gasteiger partial charge < -0.3 is 0 Å². The van der Waals surface area contributed by atoms with E-state index in [0.717, 1.165) is 16.6 Å². The molecule has 1 heterocycles. The van der Waals surface area contributed by atoms with Gasteiger partial charge in [-0.1, -0.05) is 23.7 Å². The molecule has 0 aliphatic heterocycles. The van der Waals surface area contributed by atoms with Crippen LogP contribution in [0, 0.1) is 10.1 Å². The molecule has 0 amide bonds. The van der Waals surface area contributed by atoms with Gasteiger partial charge in [-0.15, -0.1) is 0 Å². The Balaban J connectivity index is 1.90. The fourth-order valence-corrected chi connectivity index (χ4v) is 2.44. The molecule has 0 saturated heterocycles. The molecule has 6 nitrogen and oxygen atoms in total. The van der Waals surface area contributed by atoms with Gasteiger partial charge in [0.05, 0.1) is 21.8 Å². The molecule has 0 saturated carbocycles. The largest absolute Gasteiger partial charge is 0.277 e. The summed E-state index contributed by atoms with van der Waals surface area (Å²) in [7, 11) is 0. The molecule has 0 atom stereocenters. The molecule has 3 rings (SSSR count). The number of hydrogen-bond donors (Lipinski definition) is 1. The summed E-state index contributed by atoms with van der Waals surface area (Å²) in [6.45, 7) is 1.78. The fourth-order valence-electron chi connectivity index (χ4n) is 2.27. The first-order chi connectivity index (χ1) is 11.5. The van der Waals surface area contributed by atoms with Crippen LogP contribution in [0.2, 0.25) is 5.02 Å². The number of hydrogen-bond acceptors (Lipinski definition) is 5. The van der Waals surface area contributed by atoms with Crippen LogP contribution in [-0.4, -0.2) is 15.6 Å². The Morgan fingerprint density at radius 3 is 2.88 bits per heavy atom. The highest BCUT2D eigenvalue weighted by Gasteiger charge is 2.08. The zero-order chi connectivity index (χ0) is 17.1. The molecule has 7 heteroatoms. The van der Waals surface area contributed by atoms with Crippen molar-refractivity contribution >= 4 is 39.6 Å². The molecular formula is C17H13ClN4O2. The van der Waals surface area contributed by atoms with Gasteiger partial charge in [-0.25, -0.2) is 0 Å². The first-order valence-corrected chi connectivity index (χ1v) is 7.52. The van der Waals surface area contributed by atoms with Gasteiger partial charge in [0.15, 0.2) is 0 Å². The third-order valence-electron chi connectivity index (χ3n) is 3.52. The molecule has 3 aromatic rings. The van der Waals surface area contributed by atoms with Gasteiger partial charge >= 0.3 is 0 Å². The number of pyridine rings is 1. The van der Waals surface area contributed by atoms with Crippen molar-refractivity contribution in [3.05, 3.63) is 75.4 Å². The van der Waals surface area contributed by atoms with Crippen molar-refractivity contribution < 1.29 is 4.92 Å². The van der Waals surface area contributed by atoms with E-state index < -0.39 is 4.92 Å². The Bertz CT molecular complexity index is 956. The Hall–Kier alpha value is -2.99. The molecule has 0 aliphatic carbocycles. The summed E-state index contributed by atoms with van der Waals surface area (Å²) in [4.78, 5) is 14.7. The van der Waals surface area contributed by atoms with Crippen LogP contribution < -0.4 is 5.43 Å². The summed E-state index contributed by atoms with van der Waals surface area (Å²) in [6, 6.07) is 13.6. The van der Waals surface area contributed by atoms with Crippen molar-refractivity contribution in [2.45, 2.75) is 6.92 Å². The highest BCUT2D eigenvalue weighted by molar-refractivity contribution is 6.31. The van der Waals surface area contributed by atoms with Gasteiger partial charge in [0.1, 0.15) is 0 Å². The molecule has 0 fully saturated rings. The Morgan fingerprint density at radius 1 is 1.25 bits per heavy atom. The number of nitro groups is 1. The maximum absolute atomic E-state index is 10.9.